The number of benzene rings is 1. The van der Waals surface area contributed by atoms with Crippen LogP contribution in [-0.2, 0) is 0 Å². The van der Waals surface area contributed by atoms with E-state index in [1.165, 1.54) is 29.2 Å². The third-order valence-corrected chi connectivity index (χ3v) is 3.72. The Balaban J connectivity index is 1.92. The number of rotatable bonds is 4. The molecule has 1 saturated heterocycles. The molecule has 1 fully saturated rings. The number of carbonyl (C=O) groups is 2. The van der Waals surface area contributed by atoms with Gasteiger partial charge in [0.1, 0.15) is 0 Å². The minimum Gasteiger partial charge on any atom is -0.545 e. The van der Waals surface area contributed by atoms with Gasteiger partial charge >= 0.3 is 0 Å². The number of quaternary nitrogens is 1. The standard InChI is InChI=1S/C15H17N3O3/c16-6-1-7-17-8-10-18(11-9-17)14(19)12-2-4-13(5-3-12)15(20)21/h2-5H,1,7-11H2,(H,20,21). The summed E-state index contributed by atoms with van der Waals surface area (Å²) in [5.41, 5.74) is 0.554. The van der Waals surface area contributed by atoms with Crippen LogP contribution in [0.3, 0.4) is 0 Å². The molecule has 1 aliphatic rings. The number of nitrogens with zero attached hydrogens (tertiary/aromatic N) is 2. The van der Waals surface area contributed by atoms with Crippen molar-refractivity contribution in [2.45, 2.75) is 6.42 Å². The van der Waals surface area contributed by atoms with E-state index in [9.17, 15) is 14.7 Å². The van der Waals surface area contributed by atoms with Gasteiger partial charge in [0, 0.05) is 5.56 Å². The molecule has 6 nitrogen and oxygen atoms in total. The van der Waals surface area contributed by atoms with E-state index >= 15 is 0 Å². The van der Waals surface area contributed by atoms with Crippen LogP contribution < -0.4 is 10.0 Å². The average Bonchev–Trinajstić information content (AvgIpc) is 2.53. The molecule has 0 aliphatic carbocycles. The Bertz CT molecular complexity index is 555. The predicted octanol–water partition coefficient (Wildman–Crippen LogP) is -1.70. The van der Waals surface area contributed by atoms with Gasteiger partial charge in [0.15, 0.2) is 0 Å². The fourth-order valence-electron chi connectivity index (χ4n) is 2.44. The molecule has 0 atom stereocenters. The molecule has 21 heavy (non-hydrogen) atoms. The fourth-order valence-corrected chi connectivity index (χ4v) is 2.44. The summed E-state index contributed by atoms with van der Waals surface area (Å²) < 4.78 is 0. The van der Waals surface area contributed by atoms with Crippen molar-refractivity contribution >= 4 is 11.9 Å². The Labute approximate surface area is 123 Å². The zero-order valence-corrected chi connectivity index (χ0v) is 11.7. The summed E-state index contributed by atoms with van der Waals surface area (Å²) in [6, 6.07) is 7.94. The first-order valence-corrected chi connectivity index (χ1v) is 6.93. The van der Waals surface area contributed by atoms with Gasteiger partial charge in [0.25, 0.3) is 5.91 Å². The highest BCUT2D eigenvalue weighted by Gasteiger charge is 2.24. The molecule has 6 heteroatoms. The fraction of sp³-hybridized carbons (Fsp3) is 0.400. The van der Waals surface area contributed by atoms with Gasteiger partial charge < -0.3 is 19.7 Å². The quantitative estimate of drug-likeness (QED) is 0.715. The second-order valence-corrected chi connectivity index (χ2v) is 5.07. The van der Waals surface area contributed by atoms with Gasteiger partial charge in [-0.05, 0) is 17.7 Å². The summed E-state index contributed by atoms with van der Waals surface area (Å²) in [5, 5.41) is 19.2. The first-order chi connectivity index (χ1) is 10.1. The predicted molar refractivity (Wildman–Crippen MR) is 72.5 cm³/mol. The monoisotopic (exact) mass is 287 g/mol. The van der Waals surface area contributed by atoms with Gasteiger partial charge in [-0.3, -0.25) is 4.79 Å². The Kier molecular flexibility index (Phi) is 4.90. The average molecular weight is 287 g/mol. The topological polar surface area (TPSA) is 88.7 Å². The molecule has 0 spiro atoms. The zero-order valence-electron chi connectivity index (χ0n) is 11.7. The molecule has 0 unspecified atom stereocenters. The summed E-state index contributed by atoms with van der Waals surface area (Å²) in [7, 11) is 0. The van der Waals surface area contributed by atoms with Crippen molar-refractivity contribution < 1.29 is 19.6 Å². The van der Waals surface area contributed by atoms with Crippen molar-refractivity contribution in [3.8, 4) is 6.07 Å². The van der Waals surface area contributed by atoms with Crippen molar-refractivity contribution in [2.24, 2.45) is 0 Å². The van der Waals surface area contributed by atoms with Gasteiger partial charge in [-0.15, -0.1) is 0 Å². The van der Waals surface area contributed by atoms with E-state index in [1.54, 1.807) is 4.90 Å². The first-order valence-electron chi connectivity index (χ1n) is 6.93. The summed E-state index contributed by atoms with van der Waals surface area (Å²) in [4.78, 5) is 26.1. The van der Waals surface area contributed by atoms with E-state index in [0.29, 0.717) is 25.1 Å². The Morgan fingerprint density at radius 1 is 1.19 bits per heavy atom. The maximum atomic E-state index is 12.3. The lowest BCUT2D eigenvalue weighted by molar-refractivity contribution is -0.903. The van der Waals surface area contributed by atoms with Crippen molar-refractivity contribution in [1.29, 1.82) is 5.26 Å². The summed E-state index contributed by atoms with van der Waals surface area (Å²) in [6.45, 7) is 3.80. The summed E-state index contributed by atoms with van der Waals surface area (Å²) >= 11 is 0. The molecule has 1 heterocycles. The number of amides is 1. The number of carbonyl (C=O) groups excluding carboxylic acids is 2. The molecule has 1 amide bonds. The molecular weight excluding hydrogens is 270 g/mol. The Hall–Kier alpha value is -2.39. The molecule has 1 aliphatic heterocycles. The molecule has 0 aromatic heterocycles. The molecule has 0 saturated carbocycles. The highest BCUT2D eigenvalue weighted by molar-refractivity contribution is 5.95. The highest BCUT2D eigenvalue weighted by Crippen LogP contribution is 2.07. The lowest BCUT2D eigenvalue weighted by Crippen LogP contribution is -3.14. The SMILES string of the molecule is N#CCC[NH+]1CCN(C(=O)c2ccc(C(=O)[O-])cc2)CC1. The van der Waals surface area contributed by atoms with Gasteiger partial charge in [-0.2, -0.15) is 5.26 Å². The van der Waals surface area contributed by atoms with Crippen molar-refractivity contribution in [2.75, 3.05) is 32.7 Å². The van der Waals surface area contributed by atoms with E-state index in [1.807, 2.05) is 0 Å². The van der Waals surface area contributed by atoms with Gasteiger partial charge in [-0.1, -0.05) is 12.1 Å². The van der Waals surface area contributed by atoms with Gasteiger partial charge in [-0.25, -0.2) is 0 Å². The lowest BCUT2D eigenvalue weighted by Gasteiger charge is -2.32. The number of nitrogens with one attached hydrogen (secondary N) is 1. The van der Waals surface area contributed by atoms with Crippen LogP contribution in [0.1, 0.15) is 27.1 Å². The molecule has 2 rings (SSSR count). The van der Waals surface area contributed by atoms with Gasteiger partial charge in [0.2, 0.25) is 0 Å². The minimum absolute atomic E-state index is 0.0670. The zero-order chi connectivity index (χ0) is 15.2. The number of hydrogen-bond donors (Lipinski definition) is 1. The first kappa shape index (κ1) is 15.0. The van der Waals surface area contributed by atoms with Crippen LogP contribution in [0.2, 0.25) is 0 Å². The normalized spacial score (nSPS) is 15.5. The number of nitriles is 1. The molecule has 1 aromatic rings. The van der Waals surface area contributed by atoms with E-state index in [4.69, 9.17) is 5.26 Å². The summed E-state index contributed by atoms with van der Waals surface area (Å²) in [6.07, 6.45) is 0.536. The van der Waals surface area contributed by atoms with E-state index in [2.05, 4.69) is 6.07 Å². The van der Waals surface area contributed by atoms with Crippen LogP contribution in [0.4, 0.5) is 0 Å². The minimum atomic E-state index is -1.25. The second kappa shape index (κ2) is 6.86. The molecule has 1 N–H and O–H groups in total. The molecule has 0 radical (unpaired) electrons. The van der Waals surface area contributed by atoms with Crippen LogP contribution in [0.25, 0.3) is 0 Å². The smallest absolute Gasteiger partial charge is 0.254 e. The summed E-state index contributed by atoms with van der Waals surface area (Å²) in [5.74, 6) is -1.33. The van der Waals surface area contributed by atoms with Crippen molar-refractivity contribution in [1.82, 2.24) is 4.90 Å². The lowest BCUT2D eigenvalue weighted by atomic mass is 10.1. The van der Waals surface area contributed by atoms with Crippen LogP contribution in [-0.4, -0.2) is 49.5 Å². The van der Waals surface area contributed by atoms with Crippen LogP contribution >= 0.6 is 0 Å². The highest BCUT2D eigenvalue weighted by atomic mass is 16.4. The van der Waals surface area contributed by atoms with E-state index in [0.717, 1.165) is 19.6 Å². The molecule has 0 bridgehead atoms. The molecule has 110 valence electrons. The maximum absolute atomic E-state index is 12.3. The second-order valence-electron chi connectivity index (χ2n) is 5.07. The van der Waals surface area contributed by atoms with E-state index in [-0.39, 0.29) is 11.5 Å². The Morgan fingerprint density at radius 3 is 2.29 bits per heavy atom. The number of piperazine rings is 1. The third kappa shape index (κ3) is 3.80. The third-order valence-electron chi connectivity index (χ3n) is 3.72. The van der Waals surface area contributed by atoms with Gasteiger partial charge in [0.05, 0.1) is 51.2 Å². The molecular formula is C15H17N3O3. The van der Waals surface area contributed by atoms with E-state index < -0.39 is 5.97 Å². The number of aromatic carboxylic acids is 1. The Morgan fingerprint density at radius 2 is 1.76 bits per heavy atom. The molecule has 1 aromatic carbocycles. The van der Waals surface area contributed by atoms with Crippen LogP contribution in [0, 0.1) is 11.3 Å². The van der Waals surface area contributed by atoms with Crippen molar-refractivity contribution in [3.05, 3.63) is 35.4 Å². The van der Waals surface area contributed by atoms with Crippen molar-refractivity contribution in [3.63, 3.8) is 0 Å². The van der Waals surface area contributed by atoms with Crippen LogP contribution in [0.5, 0.6) is 0 Å². The largest absolute Gasteiger partial charge is 0.545 e. The van der Waals surface area contributed by atoms with Crippen LogP contribution in [0.15, 0.2) is 24.3 Å². The number of hydrogen-bond acceptors (Lipinski definition) is 4. The number of carboxylic acids is 1. The number of carboxylic acid groups (broad SMARTS) is 1. The maximum Gasteiger partial charge on any atom is 0.254 e.